The Kier molecular flexibility index (Phi) is 3.03. The number of aromatic nitrogens is 2. The zero-order valence-electron chi connectivity index (χ0n) is 14.2. The Balaban J connectivity index is 1.58. The van der Waals surface area contributed by atoms with E-state index in [1.54, 1.807) is 37.8 Å². The van der Waals surface area contributed by atoms with Gasteiger partial charge >= 0.3 is 0 Å². The quantitative estimate of drug-likeness (QED) is 0.604. The molecule has 6 heteroatoms. The minimum Gasteiger partial charge on any atom is -0.481 e. The van der Waals surface area contributed by atoms with Crippen LogP contribution in [-0.2, 0) is 0 Å². The number of hydrogen-bond acceptors (Lipinski definition) is 5. The highest BCUT2D eigenvalue weighted by Gasteiger charge is 2.43. The van der Waals surface area contributed by atoms with Crippen molar-refractivity contribution in [1.29, 1.82) is 0 Å². The van der Waals surface area contributed by atoms with Crippen LogP contribution in [0.25, 0.3) is 22.3 Å². The lowest BCUT2D eigenvalue weighted by molar-refractivity contribution is 0.102. The maximum Gasteiger partial charge on any atom is 0.260 e. The SMILES string of the molecule is COc1ccc(NC(=O)c2c(-c3ccncc3)c3oc2c2c3[C@H]2C)cn1. The third-order valence-corrected chi connectivity index (χ3v) is 4.87. The van der Waals surface area contributed by atoms with Crippen molar-refractivity contribution in [2.75, 3.05) is 12.4 Å². The summed E-state index contributed by atoms with van der Waals surface area (Å²) in [5, 5.41) is 2.91. The van der Waals surface area contributed by atoms with Gasteiger partial charge in [0.05, 0.1) is 24.6 Å². The number of benzene rings is 1. The van der Waals surface area contributed by atoms with Crippen LogP contribution >= 0.6 is 0 Å². The van der Waals surface area contributed by atoms with Gasteiger partial charge in [-0.05, 0) is 23.8 Å². The summed E-state index contributed by atoms with van der Waals surface area (Å²) in [4.78, 5) is 21.2. The number of rotatable bonds is 4. The molecule has 1 N–H and O–H groups in total. The average Bonchev–Trinajstić information content (AvgIpc) is 3.04. The summed E-state index contributed by atoms with van der Waals surface area (Å²) in [6.45, 7) is 2.13. The molecule has 0 fully saturated rings. The molecule has 128 valence electrons. The third-order valence-electron chi connectivity index (χ3n) is 4.87. The maximum atomic E-state index is 13.0. The first-order chi connectivity index (χ1) is 12.7. The maximum absolute atomic E-state index is 13.0. The standard InChI is InChI=1S/C20H15N3O3/c1-10-14-15(10)19-17(16(18(14)26-19)11-5-7-21-8-6-11)20(24)23-12-3-4-13(25-2)22-9-12/h3-10H,1-2H3,(H,23,24)/t10-/m1/s1. The second-order valence-electron chi connectivity index (χ2n) is 6.34. The fourth-order valence-corrected chi connectivity index (χ4v) is 3.56. The molecular formula is C20H15N3O3. The van der Waals surface area contributed by atoms with Gasteiger partial charge in [-0.25, -0.2) is 4.98 Å². The molecule has 0 spiro atoms. The number of carbonyl (C=O) groups excluding carboxylic acids is 1. The third kappa shape index (κ3) is 2.02. The fraction of sp³-hybridized carbons (Fsp3) is 0.150. The molecule has 6 nitrogen and oxygen atoms in total. The van der Waals surface area contributed by atoms with Crippen molar-refractivity contribution < 1.29 is 13.9 Å². The highest BCUT2D eigenvalue weighted by Crippen LogP contribution is 2.57. The number of methoxy groups -OCH3 is 1. The van der Waals surface area contributed by atoms with Crippen LogP contribution < -0.4 is 10.1 Å². The zero-order chi connectivity index (χ0) is 17.8. The Labute approximate surface area is 149 Å². The molecule has 0 aromatic carbocycles. The lowest BCUT2D eigenvalue weighted by Gasteiger charge is -2.07. The number of nitrogens with zero attached hydrogens (tertiary/aromatic N) is 2. The topological polar surface area (TPSA) is 77.2 Å². The van der Waals surface area contributed by atoms with E-state index < -0.39 is 0 Å². The van der Waals surface area contributed by atoms with E-state index in [0.29, 0.717) is 28.6 Å². The van der Waals surface area contributed by atoms with E-state index in [0.717, 1.165) is 22.3 Å². The Bertz CT molecular complexity index is 1120. The van der Waals surface area contributed by atoms with Crippen molar-refractivity contribution in [3.05, 3.63) is 59.5 Å². The van der Waals surface area contributed by atoms with E-state index in [1.165, 1.54) is 5.56 Å². The van der Waals surface area contributed by atoms with E-state index >= 15 is 0 Å². The molecule has 1 amide bonds. The molecule has 0 aliphatic heterocycles. The van der Waals surface area contributed by atoms with Gasteiger partial charge in [0.1, 0.15) is 11.2 Å². The van der Waals surface area contributed by atoms with Gasteiger partial charge in [0.2, 0.25) is 5.88 Å². The molecule has 1 atom stereocenters. The molecule has 5 rings (SSSR count). The smallest absolute Gasteiger partial charge is 0.260 e. The van der Waals surface area contributed by atoms with Gasteiger partial charge in [0, 0.05) is 41.1 Å². The van der Waals surface area contributed by atoms with Gasteiger partial charge < -0.3 is 14.5 Å². The predicted molar refractivity (Wildman–Crippen MR) is 96.9 cm³/mol. The van der Waals surface area contributed by atoms with E-state index in [1.807, 2.05) is 12.1 Å². The lowest BCUT2D eigenvalue weighted by atomic mass is 10.00. The highest BCUT2D eigenvalue weighted by molar-refractivity contribution is 6.19. The van der Waals surface area contributed by atoms with Crippen LogP contribution in [0.4, 0.5) is 5.69 Å². The second kappa shape index (κ2) is 5.29. The molecule has 4 aromatic rings. The van der Waals surface area contributed by atoms with Crippen molar-refractivity contribution in [3.63, 3.8) is 0 Å². The van der Waals surface area contributed by atoms with Crippen molar-refractivity contribution in [2.45, 2.75) is 12.8 Å². The fourth-order valence-electron chi connectivity index (χ4n) is 3.56. The first kappa shape index (κ1) is 14.9. The molecule has 0 radical (unpaired) electrons. The van der Waals surface area contributed by atoms with Crippen LogP contribution in [0.2, 0.25) is 0 Å². The minimum atomic E-state index is -0.209. The van der Waals surface area contributed by atoms with Crippen molar-refractivity contribution in [3.8, 4) is 17.0 Å². The summed E-state index contributed by atoms with van der Waals surface area (Å²) >= 11 is 0. The number of ether oxygens (including phenoxy) is 1. The molecule has 26 heavy (non-hydrogen) atoms. The molecule has 4 heterocycles. The zero-order valence-corrected chi connectivity index (χ0v) is 14.2. The monoisotopic (exact) mass is 345 g/mol. The number of anilines is 1. The van der Waals surface area contributed by atoms with E-state index in [-0.39, 0.29) is 5.91 Å². The largest absolute Gasteiger partial charge is 0.481 e. The molecule has 1 aliphatic carbocycles. The first-order valence-corrected chi connectivity index (χ1v) is 8.32. The van der Waals surface area contributed by atoms with Gasteiger partial charge in [-0.2, -0.15) is 0 Å². The summed E-state index contributed by atoms with van der Waals surface area (Å²) in [6.07, 6.45) is 5.00. The predicted octanol–water partition coefficient (Wildman–Crippen LogP) is 4.05. The lowest BCUT2D eigenvalue weighted by Crippen LogP contribution is -2.13. The van der Waals surface area contributed by atoms with Crippen LogP contribution in [0.3, 0.4) is 0 Å². The molecule has 2 bridgehead atoms. The Morgan fingerprint density at radius 2 is 1.92 bits per heavy atom. The van der Waals surface area contributed by atoms with Crippen molar-refractivity contribution >= 4 is 22.8 Å². The summed E-state index contributed by atoms with van der Waals surface area (Å²) < 4.78 is 11.0. The van der Waals surface area contributed by atoms with Crippen molar-refractivity contribution in [2.24, 2.45) is 0 Å². The summed E-state index contributed by atoms with van der Waals surface area (Å²) in [5.41, 5.74) is 6.80. The molecule has 4 aromatic heterocycles. The number of nitrogens with one attached hydrogen (secondary N) is 1. The van der Waals surface area contributed by atoms with E-state index in [9.17, 15) is 4.79 Å². The minimum absolute atomic E-state index is 0.209. The molecular weight excluding hydrogens is 330 g/mol. The van der Waals surface area contributed by atoms with Gasteiger partial charge in [-0.3, -0.25) is 9.78 Å². The number of amides is 1. The van der Waals surface area contributed by atoms with Gasteiger partial charge in [0.25, 0.3) is 5.91 Å². The molecule has 0 unspecified atom stereocenters. The summed E-state index contributed by atoms with van der Waals surface area (Å²) in [5.74, 6) is 0.646. The van der Waals surface area contributed by atoms with Crippen LogP contribution in [0.5, 0.6) is 5.88 Å². The Morgan fingerprint density at radius 3 is 2.62 bits per heavy atom. The molecule has 0 saturated carbocycles. The Hall–Kier alpha value is -3.41. The summed E-state index contributed by atoms with van der Waals surface area (Å²) in [6, 6.07) is 7.24. The summed E-state index contributed by atoms with van der Waals surface area (Å²) in [7, 11) is 1.55. The van der Waals surface area contributed by atoms with Gasteiger partial charge in [-0.1, -0.05) is 6.92 Å². The van der Waals surface area contributed by atoms with Crippen LogP contribution in [0, 0.1) is 0 Å². The van der Waals surface area contributed by atoms with Crippen LogP contribution in [0.15, 0.2) is 47.3 Å². The van der Waals surface area contributed by atoms with Gasteiger partial charge in [-0.15, -0.1) is 0 Å². The van der Waals surface area contributed by atoms with E-state index in [2.05, 4.69) is 22.2 Å². The number of hydrogen-bond donors (Lipinski definition) is 1. The van der Waals surface area contributed by atoms with Crippen LogP contribution in [-0.4, -0.2) is 23.0 Å². The Morgan fingerprint density at radius 1 is 1.15 bits per heavy atom. The van der Waals surface area contributed by atoms with Gasteiger partial charge in [0.15, 0.2) is 0 Å². The average molecular weight is 345 g/mol. The van der Waals surface area contributed by atoms with E-state index in [4.69, 9.17) is 9.15 Å². The number of carbonyl (C=O) groups is 1. The molecule has 1 aliphatic rings. The number of pyridine rings is 2. The van der Waals surface area contributed by atoms with Crippen LogP contribution in [0.1, 0.15) is 34.3 Å². The van der Waals surface area contributed by atoms with Crippen molar-refractivity contribution in [1.82, 2.24) is 9.97 Å². The normalized spacial score (nSPS) is 15.1. The molecule has 0 saturated heterocycles. The first-order valence-electron chi connectivity index (χ1n) is 8.32. The number of fused-ring (bicyclic) bond motifs is 5. The number of furan rings is 2. The second-order valence-corrected chi connectivity index (χ2v) is 6.34. The highest BCUT2D eigenvalue weighted by atomic mass is 16.5.